The normalized spacial score (nSPS) is 14.2. The number of esters is 4. The van der Waals surface area contributed by atoms with Crippen LogP contribution in [0.5, 0.6) is 0 Å². The van der Waals surface area contributed by atoms with Crippen LogP contribution in [-0.2, 0) is 65.4 Å². The minimum atomic E-state index is -4.95. The van der Waals surface area contributed by atoms with E-state index in [1.165, 1.54) is 161 Å². The summed E-state index contributed by atoms with van der Waals surface area (Å²) in [6.07, 6.45) is 45.9. The molecule has 0 radical (unpaired) electrons. The molecule has 0 spiro atoms. The average molecular weight is 1350 g/mol. The highest BCUT2D eigenvalue weighted by atomic mass is 31.2. The van der Waals surface area contributed by atoms with Crippen molar-refractivity contribution >= 4 is 39.5 Å². The van der Waals surface area contributed by atoms with Crippen LogP contribution in [0, 0.1) is 23.7 Å². The van der Waals surface area contributed by atoms with Gasteiger partial charge in [-0.15, -0.1) is 0 Å². The molecule has 3 unspecified atom stereocenters. The van der Waals surface area contributed by atoms with Crippen molar-refractivity contribution in [2.24, 2.45) is 23.7 Å². The quantitative estimate of drug-likeness (QED) is 0.0222. The van der Waals surface area contributed by atoms with Crippen LogP contribution in [0.25, 0.3) is 0 Å². The minimum Gasteiger partial charge on any atom is -0.462 e. The molecule has 92 heavy (non-hydrogen) atoms. The zero-order valence-corrected chi connectivity index (χ0v) is 62.0. The summed E-state index contributed by atoms with van der Waals surface area (Å²) >= 11 is 0. The van der Waals surface area contributed by atoms with Gasteiger partial charge in [-0.2, -0.15) is 0 Å². The highest BCUT2D eigenvalue weighted by Gasteiger charge is 2.30. The van der Waals surface area contributed by atoms with Crippen molar-refractivity contribution in [1.29, 1.82) is 0 Å². The number of phosphoric acid groups is 2. The van der Waals surface area contributed by atoms with Crippen LogP contribution in [0.3, 0.4) is 0 Å². The van der Waals surface area contributed by atoms with Crippen molar-refractivity contribution in [2.45, 2.75) is 382 Å². The second kappa shape index (κ2) is 62.6. The summed E-state index contributed by atoms with van der Waals surface area (Å²) in [6.45, 7) is 14.1. The molecule has 0 amide bonds. The first-order valence-electron chi connectivity index (χ1n) is 37.7. The number of hydrogen-bond acceptors (Lipinski definition) is 15. The Morgan fingerprint density at radius 1 is 0.272 bits per heavy atom. The van der Waals surface area contributed by atoms with E-state index in [4.69, 9.17) is 37.0 Å². The molecular weight excluding hydrogens is 1210 g/mol. The lowest BCUT2D eigenvalue weighted by Gasteiger charge is -2.21. The summed E-state index contributed by atoms with van der Waals surface area (Å²) < 4.78 is 68.4. The Balaban J connectivity index is 5.24. The van der Waals surface area contributed by atoms with Gasteiger partial charge in [-0.25, -0.2) is 9.13 Å². The number of ether oxygens (including phenoxy) is 4. The molecule has 0 aromatic carbocycles. The van der Waals surface area contributed by atoms with Crippen LogP contribution in [-0.4, -0.2) is 96.7 Å². The van der Waals surface area contributed by atoms with Crippen LogP contribution in [0.1, 0.15) is 364 Å². The maximum absolute atomic E-state index is 13.0. The maximum Gasteiger partial charge on any atom is 0.472 e. The lowest BCUT2D eigenvalue weighted by Crippen LogP contribution is -2.30. The van der Waals surface area contributed by atoms with Gasteiger partial charge < -0.3 is 33.8 Å². The standard InChI is InChI=1S/C73H142O17P2/c1-63(2)49-41-33-25-18-14-10-9-11-16-20-30-39-47-55-72(77)90-69(60-84-71(76)54-46-38-32-24-28-36-44-52-66(7)8)62-88-92(81,82)86-58-67(74)57-85-91(79,80)87-61-68(59-83-70(75)53-45-37-29-23-22-27-35-43-51-65(5)6)89-73(78)56-48-40-31-21-17-13-12-15-19-26-34-42-50-64(3)4/h63-69,74H,9-62H2,1-8H3,(H,79,80)(H,81,82)/t67?,68-,69-/m1/s1. The Labute approximate surface area is 562 Å². The summed E-state index contributed by atoms with van der Waals surface area (Å²) in [5, 5.41) is 10.6. The van der Waals surface area contributed by atoms with Crippen molar-refractivity contribution in [3.8, 4) is 0 Å². The van der Waals surface area contributed by atoms with Gasteiger partial charge in [0.05, 0.1) is 26.4 Å². The molecule has 3 N–H and O–H groups in total. The highest BCUT2D eigenvalue weighted by Crippen LogP contribution is 2.45. The fraction of sp³-hybridized carbons (Fsp3) is 0.945. The number of unbranched alkanes of at least 4 members (excludes halogenated alkanes) is 36. The van der Waals surface area contributed by atoms with Crippen molar-refractivity contribution in [3.63, 3.8) is 0 Å². The van der Waals surface area contributed by atoms with Gasteiger partial charge in [0.25, 0.3) is 0 Å². The molecule has 0 bridgehead atoms. The van der Waals surface area contributed by atoms with Gasteiger partial charge in [-0.05, 0) is 49.4 Å². The van der Waals surface area contributed by atoms with E-state index in [1.807, 2.05) is 0 Å². The monoisotopic (exact) mass is 1350 g/mol. The number of aliphatic hydroxyl groups excluding tert-OH is 1. The van der Waals surface area contributed by atoms with Gasteiger partial charge in [-0.3, -0.25) is 37.3 Å². The predicted octanol–water partition coefficient (Wildman–Crippen LogP) is 20.9. The molecule has 0 heterocycles. The van der Waals surface area contributed by atoms with Gasteiger partial charge >= 0.3 is 39.5 Å². The predicted molar refractivity (Wildman–Crippen MR) is 372 cm³/mol. The zero-order chi connectivity index (χ0) is 68.2. The van der Waals surface area contributed by atoms with Crippen molar-refractivity contribution in [1.82, 2.24) is 0 Å². The Morgan fingerprint density at radius 2 is 0.457 bits per heavy atom. The van der Waals surface area contributed by atoms with Crippen LogP contribution in [0.4, 0.5) is 0 Å². The number of rotatable bonds is 70. The summed E-state index contributed by atoms with van der Waals surface area (Å²) in [7, 11) is -9.91. The Hall–Kier alpha value is -1.94. The second-order valence-corrected chi connectivity index (χ2v) is 31.1. The van der Waals surface area contributed by atoms with Crippen LogP contribution in [0.15, 0.2) is 0 Å². The average Bonchev–Trinajstić information content (AvgIpc) is 2.70. The molecule has 0 saturated heterocycles. The smallest absolute Gasteiger partial charge is 0.462 e. The molecular formula is C73H142O17P2. The first-order chi connectivity index (χ1) is 44.1. The second-order valence-electron chi connectivity index (χ2n) is 28.2. The van der Waals surface area contributed by atoms with Gasteiger partial charge in [0.2, 0.25) is 0 Å². The largest absolute Gasteiger partial charge is 0.472 e. The lowest BCUT2D eigenvalue weighted by atomic mass is 10.0. The van der Waals surface area contributed by atoms with Gasteiger partial charge in [0, 0.05) is 25.7 Å². The molecule has 0 fully saturated rings. The van der Waals surface area contributed by atoms with E-state index in [9.17, 15) is 43.2 Å². The third kappa shape index (κ3) is 66.7. The molecule has 0 aliphatic carbocycles. The Morgan fingerprint density at radius 3 is 0.674 bits per heavy atom. The van der Waals surface area contributed by atoms with E-state index in [-0.39, 0.29) is 25.7 Å². The van der Waals surface area contributed by atoms with E-state index in [0.29, 0.717) is 31.6 Å². The molecule has 546 valence electrons. The van der Waals surface area contributed by atoms with E-state index >= 15 is 0 Å². The van der Waals surface area contributed by atoms with E-state index < -0.39 is 97.5 Å². The summed E-state index contributed by atoms with van der Waals surface area (Å²) in [6, 6.07) is 0. The lowest BCUT2D eigenvalue weighted by molar-refractivity contribution is -0.161. The molecule has 0 saturated carbocycles. The molecule has 17 nitrogen and oxygen atoms in total. The van der Waals surface area contributed by atoms with E-state index in [2.05, 4.69) is 55.4 Å². The first kappa shape index (κ1) is 90.1. The third-order valence-corrected chi connectivity index (χ3v) is 18.7. The van der Waals surface area contributed by atoms with E-state index in [0.717, 1.165) is 114 Å². The molecule has 0 aliphatic rings. The summed E-state index contributed by atoms with van der Waals surface area (Å²) in [5.74, 6) is 0.869. The molecule has 5 atom stereocenters. The van der Waals surface area contributed by atoms with Crippen molar-refractivity contribution < 1.29 is 80.2 Å². The van der Waals surface area contributed by atoms with Crippen LogP contribution in [0.2, 0.25) is 0 Å². The van der Waals surface area contributed by atoms with Gasteiger partial charge in [0.1, 0.15) is 19.3 Å². The number of carbonyl (C=O) groups excluding carboxylic acids is 4. The fourth-order valence-corrected chi connectivity index (χ4v) is 12.6. The molecule has 0 rings (SSSR count). The SMILES string of the molecule is CC(C)CCCCCCCCCCCCCCCC(=O)O[C@H](COC(=O)CCCCCCCCCC(C)C)COP(=O)(O)OCC(O)COP(=O)(O)OC[C@@H](COC(=O)CCCCCCCCCCC(C)C)OC(=O)CCCCCCCCCCCCCCC(C)C. The fourth-order valence-electron chi connectivity index (χ4n) is 11.0. The minimum absolute atomic E-state index is 0.106. The topological polar surface area (TPSA) is 237 Å². The summed E-state index contributed by atoms with van der Waals surface area (Å²) in [5.41, 5.74) is 0. The van der Waals surface area contributed by atoms with E-state index in [1.54, 1.807) is 0 Å². The number of hydrogen-bond donors (Lipinski definition) is 3. The summed E-state index contributed by atoms with van der Waals surface area (Å²) in [4.78, 5) is 72.7. The molecule has 19 heteroatoms. The number of aliphatic hydroxyl groups is 1. The molecule has 0 aromatic heterocycles. The van der Waals surface area contributed by atoms with Crippen LogP contribution >= 0.6 is 15.6 Å². The number of carbonyl (C=O) groups is 4. The maximum atomic E-state index is 13.0. The zero-order valence-electron chi connectivity index (χ0n) is 60.2. The van der Waals surface area contributed by atoms with Crippen LogP contribution < -0.4 is 0 Å². The Kier molecular flexibility index (Phi) is 61.3. The van der Waals surface area contributed by atoms with Crippen molar-refractivity contribution in [3.05, 3.63) is 0 Å². The highest BCUT2D eigenvalue weighted by molar-refractivity contribution is 7.47. The molecule has 0 aliphatic heterocycles. The van der Waals surface area contributed by atoms with Gasteiger partial charge in [-0.1, -0.05) is 312 Å². The molecule has 0 aromatic rings. The Bertz CT molecular complexity index is 1820. The third-order valence-electron chi connectivity index (χ3n) is 16.8. The number of phosphoric ester groups is 2. The van der Waals surface area contributed by atoms with Crippen molar-refractivity contribution in [2.75, 3.05) is 39.6 Å². The first-order valence-corrected chi connectivity index (χ1v) is 40.7. The van der Waals surface area contributed by atoms with Gasteiger partial charge in [0.15, 0.2) is 12.2 Å².